The van der Waals surface area contributed by atoms with Gasteiger partial charge in [-0.1, -0.05) is 78.6 Å². The highest BCUT2D eigenvalue weighted by atomic mass is 14.5. The lowest BCUT2D eigenvalue weighted by atomic mass is 9.53. The van der Waals surface area contributed by atoms with Crippen LogP contribution in [0.2, 0.25) is 0 Å². The van der Waals surface area contributed by atoms with Crippen LogP contribution >= 0.6 is 0 Å². The van der Waals surface area contributed by atoms with Gasteiger partial charge in [-0.3, -0.25) is 0 Å². The number of hydrogen-bond acceptors (Lipinski definition) is 0. The average Bonchev–Trinajstić information content (AvgIpc) is 2.66. The molecule has 4 aliphatic rings. The van der Waals surface area contributed by atoms with Gasteiger partial charge in [-0.05, 0) is 78.9 Å². The summed E-state index contributed by atoms with van der Waals surface area (Å²) in [6, 6.07) is 0. The van der Waals surface area contributed by atoms with E-state index in [1.165, 1.54) is 32.1 Å². The molecular formula is C25H44. The first-order valence-electron chi connectivity index (χ1n) is 12.1. The summed E-state index contributed by atoms with van der Waals surface area (Å²) in [7, 11) is 0. The van der Waals surface area contributed by atoms with Gasteiger partial charge in [0, 0.05) is 0 Å². The van der Waals surface area contributed by atoms with Crippen LogP contribution in [0.5, 0.6) is 0 Å². The third-order valence-electron chi connectivity index (χ3n) is 10.0. The van der Waals surface area contributed by atoms with E-state index >= 15 is 0 Å². The molecule has 144 valence electrons. The van der Waals surface area contributed by atoms with Crippen molar-refractivity contribution in [1.29, 1.82) is 0 Å². The fraction of sp³-hybridized carbons (Fsp3) is 1.00. The average molecular weight is 345 g/mol. The molecule has 0 aromatic carbocycles. The number of fused-ring (bicyclic) bond motifs is 2. The van der Waals surface area contributed by atoms with Crippen molar-refractivity contribution < 1.29 is 0 Å². The van der Waals surface area contributed by atoms with E-state index in [2.05, 4.69) is 20.8 Å². The van der Waals surface area contributed by atoms with Gasteiger partial charge >= 0.3 is 0 Å². The zero-order valence-electron chi connectivity index (χ0n) is 17.4. The van der Waals surface area contributed by atoms with Crippen LogP contribution in [-0.4, -0.2) is 0 Å². The molecule has 7 unspecified atom stereocenters. The molecule has 0 spiro atoms. The zero-order chi connectivity index (χ0) is 17.4. The second kappa shape index (κ2) is 7.55. The second-order valence-electron chi connectivity index (χ2n) is 11.2. The summed E-state index contributed by atoms with van der Waals surface area (Å²) in [5, 5.41) is 0. The van der Waals surface area contributed by atoms with E-state index in [-0.39, 0.29) is 0 Å². The van der Waals surface area contributed by atoms with Crippen molar-refractivity contribution in [2.75, 3.05) is 0 Å². The summed E-state index contributed by atoms with van der Waals surface area (Å²) in [5.74, 6) is 7.36. The molecule has 4 rings (SSSR count). The van der Waals surface area contributed by atoms with Crippen molar-refractivity contribution in [1.82, 2.24) is 0 Å². The van der Waals surface area contributed by atoms with Crippen molar-refractivity contribution in [3.8, 4) is 0 Å². The summed E-state index contributed by atoms with van der Waals surface area (Å²) < 4.78 is 0. The van der Waals surface area contributed by atoms with Crippen molar-refractivity contribution in [2.24, 2.45) is 46.8 Å². The molecule has 0 aromatic heterocycles. The Kier molecular flexibility index (Phi) is 5.55. The van der Waals surface area contributed by atoms with E-state index in [0.717, 1.165) is 41.4 Å². The van der Waals surface area contributed by atoms with E-state index in [4.69, 9.17) is 0 Å². The highest BCUT2D eigenvalue weighted by molar-refractivity contribution is 4.96. The molecule has 0 radical (unpaired) electrons. The molecule has 0 aliphatic heterocycles. The van der Waals surface area contributed by atoms with Gasteiger partial charge in [0.1, 0.15) is 0 Å². The molecule has 4 saturated carbocycles. The molecule has 0 heterocycles. The molecule has 25 heavy (non-hydrogen) atoms. The van der Waals surface area contributed by atoms with Crippen molar-refractivity contribution >= 4 is 0 Å². The summed E-state index contributed by atoms with van der Waals surface area (Å²) in [5.41, 5.74) is 0.562. The Labute approximate surface area is 157 Å². The van der Waals surface area contributed by atoms with Crippen LogP contribution in [0.3, 0.4) is 0 Å². The number of hydrogen-bond donors (Lipinski definition) is 0. The van der Waals surface area contributed by atoms with Gasteiger partial charge < -0.3 is 0 Å². The monoisotopic (exact) mass is 344 g/mol. The maximum Gasteiger partial charge on any atom is -0.0297 e. The Morgan fingerprint density at radius 2 is 1.28 bits per heavy atom. The first-order chi connectivity index (χ1) is 12.1. The third kappa shape index (κ3) is 3.58. The highest BCUT2D eigenvalue weighted by Gasteiger charge is 2.46. The highest BCUT2D eigenvalue weighted by Crippen LogP contribution is 2.55. The van der Waals surface area contributed by atoms with E-state index in [1.54, 1.807) is 57.8 Å². The predicted octanol–water partition coefficient (Wildman–Crippen LogP) is 7.86. The smallest absolute Gasteiger partial charge is 0.0297 e. The molecule has 0 aromatic rings. The minimum Gasteiger partial charge on any atom is -0.0617 e. The quantitative estimate of drug-likeness (QED) is 0.488. The maximum absolute atomic E-state index is 2.68. The van der Waals surface area contributed by atoms with Crippen molar-refractivity contribution in [3.05, 3.63) is 0 Å². The fourth-order valence-electron chi connectivity index (χ4n) is 8.08. The molecular weight excluding hydrogens is 300 g/mol. The lowest BCUT2D eigenvalue weighted by molar-refractivity contribution is -0.0294. The Morgan fingerprint density at radius 1 is 0.640 bits per heavy atom. The van der Waals surface area contributed by atoms with E-state index in [9.17, 15) is 0 Å². The van der Waals surface area contributed by atoms with Gasteiger partial charge in [0.05, 0.1) is 0 Å². The van der Waals surface area contributed by atoms with E-state index < -0.39 is 0 Å². The maximum atomic E-state index is 2.68. The summed E-state index contributed by atoms with van der Waals surface area (Å²) >= 11 is 0. The van der Waals surface area contributed by atoms with Gasteiger partial charge in [-0.2, -0.15) is 0 Å². The molecule has 0 nitrogen and oxygen atoms in total. The minimum absolute atomic E-state index is 0.562. The topological polar surface area (TPSA) is 0 Å². The SMILES string of the molecule is CC(C1CCCC2CCCCC21)C(C)(C)C1CCC2CCCCC2C1. The van der Waals surface area contributed by atoms with Crippen molar-refractivity contribution in [2.45, 2.75) is 111 Å². The lowest BCUT2D eigenvalue weighted by Gasteiger charge is -2.52. The van der Waals surface area contributed by atoms with Gasteiger partial charge in [-0.15, -0.1) is 0 Å². The van der Waals surface area contributed by atoms with Crippen molar-refractivity contribution in [3.63, 3.8) is 0 Å². The summed E-state index contributed by atoms with van der Waals surface area (Å²) in [6.45, 7) is 8.03. The van der Waals surface area contributed by atoms with Crippen LogP contribution in [0.15, 0.2) is 0 Å². The number of rotatable bonds is 3. The van der Waals surface area contributed by atoms with Gasteiger partial charge in [0.15, 0.2) is 0 Å². The zero-order valence-corrected chi connectivity index (χ0v) is 17.4. The van der Waals surface area contributed by atoms with Crippen LogP contribution < -0.4 is 0 Å². The Bertz CT molecular complexity index is 433. The summed E-state index contributed by atoms with van der Waals surface area (Å²) in [6.07, 6.45) is 21.6. The van der Waals surface area contributed by atoms with Crippen LogP contribution in [0, 0.1) is 46.8 Å². The molecule has 0 N–H and O–H groups in total. The predicted molar refractivity (Wildman–Crippen MR) is 109 cm³/mol. The Morgan fingerprint density at radius 3 is 2.08 bits per heavy atom. The molecule has 0 saturated heterocycles. The van der Waals surface area contributed by atoms with Gasteiger partial charge in [0.25, 0.3) is 0 Å². The van der Waals surface area contributed by atoms with Crippen LogP contribution in [0.4, 0.5) is 0 Å². The molecule has 4 aliphatic carbocycles. The lowest BCUT2D eigenvalue weighted by Crippen LogP contribution is -2.44. The normalized spacial score (nSPS) is 43.8. The molecule has 7 atom stereocenters. The van der Waals surface area contributed by atoms with Crippen LogP contribution in [0.25, 0.3) is 0 Å². The molecule has 0 amide bonds. The molecule has 0 heteroatoms. The first kappa shape index (κ1) is 18.4. The second-order valence-corrected chi connectivity index (χ2v) is 11.2. The minimum atomic E-state index is 0.562. The fourth-order valence-corrected chi connectivity index (χ4v) is 8.08. The summed E-state index contributed by atoms with van der Waals surface area (Å²) in [4.78, 5) is 0. The molecule has 0 bridgehead atoms. The Balaban J connectivity index is 1.45. The third-order valence-corrected chi connectivity index (χ3v) is 10.0. The van der Waals surface area contributed by atoms with Gasteiger partial charge in [-0.25, -0.2) is 0 Å². The molecule has 4 fully saturated rings. The first-order valence-corrected chi connectivity index (χ1v) is 12.1. The standard InChI is InChI=1S/C25H44/c1-18(23-14-8-12-20-10-6-7-13-24(20)23)25(2,3)22-16-15-19-9-4-5-11-21(19)17-22/h18-24H,4-17H2,1-3H3. The van der Waals surface area contributed by atoms with Gasteiger partial charge in [0.2, 0.25) is 0 Å². The van der Waals surface area contributed by atoms with E-state index in [1.807, 2.05) is 0 Å². The largest absolute Gasteiger partial charge is 0.0617 e. The Hall–Kier alpha value is 0. The van der Waals surface area contributed by atoms with Crippen LogP contribution in [0.1, 0.15) is 111 Å². The van der Waals surface area contributed by atoms with E-state index in [0.29, 0.717) is 5.41 Å². The van der Waals surface area contributed by atoms with Crippen LogP contribution in [-0.2, 0) is 0 Å².